The highest BCUT2D eigenvalue weighted by Crippen LogP contribution is 2.18. The fourth-order valence-corrected chi connectivity index (χ4v) is 2.45. The van der Waals surface area contributed by atoms with Crippen LogP contribution in [0, 0.1) is 0 Å². The van der Waals surface area contributed by atoms with Gasteiger partial charge in [0.15, 0.2) is 0 Å². The first-order chi connectivity index (χ1) is 9.20. The van der Waals surface area contributed by atoms with Crippen LogP contribution >= 0.6 is 0 Å². The lowest BCUT2D eigenvalue weighted by Gasteiger charge is -2.13. The Morgan fingerprint density at radius 1 is 1.16 bits per heavy atom. The van der Waals surface area contributed by atoms with Gasteiger partial charge in [0.2, 0.25) is 0 Å². The molecular weight excluding hydrogens is 240 g/mol. The van der Waals surface area contributed by atoms with E-state index in [4.69, 9.17) is 0 Å². The Balaban J connectivity index is 1.94. The zero-order valence-electron chi connectivity index (χ0n) is 11.2. The molecule has 0 bridgehead atoms. The molecule has 1 aromatic rings. The van der Waals surface area contributed by atoms with Crippen LogP contribution < -0.4 is 10.6 Å². The van der Waals surface area contributed by atoms with E-state index in [0.29, 0.717) is 0 Å². The number of aryl methyl sites for hydroxylation is 1. The summed E-state index contributed by atoms with van der Waals surface area (Å²) in [7, 11) is 0. The van der Waals surface area contributed by atoms with Crippen LogP contribution in [0.5, 0.6) is 0 Å². The molecule has 2 N–H and O–H groups in total. The van der Waals surface area contributed by atoms with Gasteiger partial charge in [-0.2, -0.15) is 0 Å². The van der Waals surface area contributed by atoms with Crippen molar-refractivity contribution in [2.75, 3.05) is 5.32 Å². The van der Waals surface area contributed by atoms with E-state index in [-0.39, 0.29) is 6.04 Å². The standard InChI is InChI=1S/C15H20N2O2/c1-2-11-7-3-6-10-13(11)17-15(19)14(18)16-12-8-4-5-9-12/h3,6-7,10,12H,2,4-5,8-9H2,1H3,(H,16,18)(H,17,19). The second kappa shape index (κ2) is 6.36. The summed E-state index contributed by atoms with van der Waals surface area (Å²) in [5.74, 6) is -1.11. The zero-order valence-corrected chi connectivity index (χ0v) is 11.2. The summed E-state index contributed by atoms with van der Waals surface area (Å²) >= 11 is 0. The molecule has 0 spiro atoms. The Morgan fingerprint density at radius 3 is 2.53 bits per heavy atom. The van der Waals surface area contributed by atoms with Gasteiger partial charge in [0.1, 0.15) is 0 Å². The molecule has 2 amide bonds. The van der Waals surface area contributed by atoms with Crippen molar-refractivity contribution in [1.82, 2.24) is 5.32 Å². The van der Waals surface area contributed by atoms with E-state index in [9.17, 15) is 9.59 Å². The third kappa shape index (κ3) is 3.56. The van der Waals surface area contributed by atoms with Crippen molar-refractivity contribution in [3.8, 4) is 0 Å². The lowest BCUT2D eigenvalue weighted by Crippen LogP contribution is -2.40. The van der Waals surface area contributed by atoms with E-state index in [1.54, 1.807) is 0 Å². The summed E-state index contributed by atoms with van der Waals surface area (Å²) in [6.45, 7) is 2.02. The van der Waals surface area contributed by atoms with E-state index in [2.05, 4.69) is 10.6 Å². The number of nitrogens with one attached hydrogen (secondary N) is 2. The van der Waals surface area contributed by atoms with Gasteiger partial charge in [-0.15, -0.1) is 0 Å². The second-order valence-electron chi connectivity index (χ2n) is 4.92. The van der Waals surface area contributed by atoms with Crippen molar-refractivity contribution in [3.05, 3.63) is 29.8 Å². The maximum absolute atomic E-state index is 11.8. The largest absolute Gasteiger partial charge is 0.345 e. The van der Waals surface area contributed by atoms with E-state index in [0.717, 1.165) is 43.4 Å². The summed E-state index contributed by atoms with van der Waals surface area (Å²) in [4.78, 5) is 23.6. The molecule has 0 saturated heterocycles. The fourth-order valence-electron chi connectivity index (χ4n) is 2.45. The van der Waals surface area contributed by atoms with Crippen molar-refractivity contribution >= 4 is 17.5 Å². The van der Waals surface area contributed by atoms with Crippen LogP contribution in [-0.4, -0.2) is 17.9 Å². The number of carbonyl (C=O) groups excluding carboxylic acids is 2. The van der Waals surface area contributed by atoms with E-state index >= 15 is 0 Å². The van der Waals surface area contributed by atoms with Crippen LogP contribution in [0.25, 0.3) is 0 Å². The maximum atomic E-state index is 11.8. The second-order valence-corrected chi connectivity index (χ2v) is 4.92. The zero-order chi connectivity index (χ0) is 13.7. The molecule has 0 aromatic heterocycles. The van der Waals surface area contributed by atoms with Gasteiger partial charge in [-0.05, 0) is 30.9 Å². The van der Waals surface area contributed by atoms with E-state index in [1.807, 2.05) is 31.2 Å². The highest BCUT2D eigenvalue weighted by atomic mass is 16.2. The molecule has 1 saturated carbocycles. The summed E-state index contributed by atoms with van der Waals surface area (Å²) < 4.78 is 0. The molecule has 0 heterocycles. The minimum atomic E-state index is -0.576. The molecule has 102 valence electrons. The van der Waals surface area contributed by atoms with Crippen molar-refractivity contribution in [2.24, 2.45) is 0 Å². The molecule has 4 nitrogen and oxygen atoms in total. The SMILES string of the molecule is CCc1ccccc1NC(=O)C(=O)NC1CCCC1. The van der Waals surface area contributed by atoms with Gasteiger partial charge in [0.05, 0.1) is 0 Å². The van der Waals surface area contributed by atoms with Gasteiger partial charge >= 0.3 is 11.8 Å². The first-order valence-electron chi connectivity index (χ1n) is 6.90. The number of amides is 2. The molecule has 0 radical (unpaired) electrons. The highest BCUT2D eigenvalue weighted by molar-refractivity contribution is 6.39. The van der Waals surface area contributed by atoms with Crippen LogP contribution in [0.4, 0.5) is 5.69 Å². The molecular formula is C15H20N2O2. The van der Waals surface area contributed by atoms with Gasteiger partial charge in [0.25, 0.3) is 0 Å². The molecule has 1 aliphatic rings. The predicted octanol–water partition coefficient (Wildman–Crippen LogP) is 2.25. The average molecular weight is 260 g/mol. The van der Waals surface area contributed by atoms with Gasteiger partial charge in [-0.25, -0.2) is 0 Å². The summed E-state index contributed by atoms with van der Waals surface area (Å²) in [5.41, 5.74) is 1.75. The molecule has 0 unspecified atom stereocenters. The Hall–Kier alpha value is -1.84. The van der Waals surface area contributed by atoms with Crippen molar-refractivity contribution in [2.45, 2.75) is 45.1 Å². The predicted molar refractivity (Wildman–Crippen MR) is 74.8 cm³/mol. The van der Waals surface area contributed by atoms with Gasteiger partial charge in [-0.3, -0.25) is 9.59 Å². The molecule has 19 heavy (non-hydrogen) atoms. The van der Waals surface area contributed by atoms with Gasteiger partial charge in [0, 0.05) is 11.7 Å². The maximum Gasteiger partial charge on any atom is 0.313 e. The van der Waals surface area contributed by atoms with Crippen LogP contribution in [0.15, 0.2) is 24.3 Å². The summed E-state index contributed by atoms with van der Waals surface area (Å²) in [5, 5.41) is 5.47. The van der Waals surface area contributed by atoms with E-state index in [1.165, 1.54) is 0 Å². The van der Waals surface area contributed by atoms with Gasteiger partial charge in [-0.1, -0.05) is 38.0 Å². The molecule has 1 aromatic carbocycles. The van der Waals surface area contributed by atoms with Crippen LogP contribution in [0.3, 0.4) is 0 Å². The molecule has 1 aliphatic carbocycles. The average Bonchev–Trinajstić information content (AvgIpc) is 2.92. The number of para-hydroxylation sites is 1. The molecule has 2 rings (SSSR count). The third-order valence-electron chi connectivity index (χ3n) is 3.54. The minimum absolute atomic E-state index is 0.166. The Kier molecular flexibility index (Phi) is 4.55. The Labute approximate surface area is 113 Å². The lowest BCUT2D eigenvalue weighted by atomic mass is 10.1. The highest BCUT2D eigenvalue weighted by Gasteiger charge is 2.21. The van der Waals surface area contributed by atoms with E-state index < -0.39 is 11.8 Å². The molecule has 4 heteroatoms. The molecule has 0 aliphatic heterocycles. The van der Waals surface area contributed by atoms with Crippen LogP contribution in [-0.2, 0) is 16.0 Å². The van der Waals surface area contributed by atoms with Crippen LogP contribution in [0.2, 0.25) is 0 Å². The normalized spacial score (nSPS) is 15.2. The smallest absolute Gasteiger partial charge is 0.313 e. The number of hydrogen-bond donors (Lipinski definition) is 2. The Morgan fingerprint density at radius 2 is 1.84 bits per heavy atom. The molecule has 0 atom stereocenters. The monoisotopic (exact) mass is 260 g/mol. The first-order valence-corrected chi connectivity index (χ1v) is 6.90. The van der Waals surface area contributed by atoms with Crippen molar-refractivity contribution in [1.29, 1.82) is 0 Å². The summed E-state index contributed by atoms with van der Waals surface area (Å²) in [6.07, 6.45) is 5.03. The quantitative estimate of drug-likeness (QED) is 0.819. The number of carbonyl (C=O) groups is 2. The Bertz CT molecular complexity index is 465. The summed E-state index contributed by atoms with van der Waals surface area (Å²) in [6, 6.07) is 7.71. The number of anilines is 1. The van der Waals surface area contributed by atoms with Crippen LogP contribution in [0.1, 0.15) is 38.2 Å². The van der Waals surface area contributed by atoms with Crippen molar-refractivity contribution < 1.29 is 9.59 Å². The van der Waals surface area contributed by atoms with Gasteiger partial charge < -0.3 is 10.6 Å². The molecule has 1 fully saturated rings. The topological polar surface area (TPSA) is 58.2 Å². The lowest BCUT2D eigenvalue weighted by molar-refractivity contribution is -0.136. The fraction of sp³-hybridized carbons (Fsp3) is 0.467. The first kappa shape index (κ1) is 13.6. The number of benzene rings is 1. The van der Waals surface area contributed by atoms with Crippen molar-refractivity contribution in [3.63, 3.8) is 0 Å². The number of rotatable bonds is 3. The number of hydrogen-bond acceptors (Lipinski definition) is 2. The minimum Gasteiger partial charge on any atom is -0.345 e. The third-order valence-corrected chi connectivity index (χ3v) is 3.54.